The number of hydrogen-bond donors (Lipinski definition) is 3. The number of nitrogens with one attached hydrogen (secondary N) is 1. The van der Waals surface area contributed by atoms with Gasteiger partial charge >= 0.3 is 18.1 Å². The third-order valence-corrected chi connectivity index (χ3v) is 10.7. The molecule has 16 heteroatoms. The summed E-state index contributed by atoms with van der Waals surface area (Å²) < 4.78 is 38.7. The van der Waals surface area contributed by atoms with E-state index in [0.717, 1.165) is 40.2 Å². The number of benzene rings is 4. The highest BCUT2D eigenvalue weighted by molar-refractivity contribution is 7.14. The predicted molar refractivity (Wildman–Crippen MR) is 219 cm³/mol. The van der Waals surface area contributed by atoms with Crippen molar-refractivity contribution in [2.45, 2.75) is 31.9 Å². The van der Waals surface area contributed by atoms with Crippen molar-refractivity contribution < 1.29 is 42.6 Å². The van der Waals surface area contributed by atoms with Gasteiger partial charge in [0.2, 0.25) is 11.8 Å². The van der Waals surface area contributed by atoms with E-state index in [0.29, 0.717) is 28.0 Å². The molecule has 0 saturated carbocycles. The van der Waals surface area contributed by atoms with Crippen LogP contribution in [0.5, 0.6) is 0 Å². The number of alkyl halides is 3. The summed E-state index contributed by atoms with van der Waals surface area (Å²) in [5.74, 6) is -4.37. The molecule has 6 aromatic rings. The summed E-state index contributed by atoms with van der Waals surface area (Å²) in [5, 5.41) is 25.6. The normalized spacial score (nSPS) is 12.1. The number of thiazole rings is 2. The number of amides is 2. The van der Waals surface area contributed by atoms with Gasteiger partial charge in [0.15, 0.2) is 10.3 Å². The van der Waals surface area contributed by atoms with Crippen LogP contribution in [0.25, 0.3) is 22.5 Å². The van der Waals surface area contributed by atoms with Crippen LogP contribution < -0.4 is 10.2 Å². The van der Waals surface area contributed by atoms with Crippen LogP contribution >= 0.6 is 34.3 Å². The van der Waals surface area contributed by atoms with Gasteiger partial charge in [-0.1, -0.05) is 103 Å². The molecule has 2 aromatic heterocycles. The van der Waals surface area contributed by atoms with Crippen molar-refractivity contribution in [1.82, 2.24) is 9.97 Å². The van der Waals surface area contributed by atoms with E-state index in [9.17, 15) is 37.5 Å². The fourth-order valence-electron chi connectivity index (χ4n) is 5.83. The highest BCUT2D eigenvalue weighted by Crippen LogP contribution is 2.34. The lowest BCUT2D eigenvalue weighted by molar-refractivity contribution is -0.140. The van der Waals surface area contributed by atoms with Crippen LogP contribution in [0.1, 0.15) is 29.5 Å². The summed E-state index contributed by atoms with van der Waals surface area (Å²) in [6.07, 6.45) is -4.46. The highest BCUT2D eigenvalue weighted by atomic mass is 35.5. The van der Waals surface area contributed by atoms with E-state index in [1.54, 1.807) is 37.4 Å². The van der Waals surface area contributed by atoms with Gasteiger partial charge in [0.05, 0.1) is 41.6 Å². The number of halogens is 4. The predicted octanol–water partition coefficient (Wildman–Crippen LogP) is 9.86. The van der Waals surface area contributed by atoms with Gasteiger partial charge in [0.1, 0.15) is 0 Å². The van der Waals surface area contributed by atoms with Crippen molar-refractivity contribution in [2.24, 2.45) is 11.8 Å². The smallest absolute Gasteiger partial charge is 0.416 e. The van der Waals surface area contributed by atoms with Crippen molar-refractivity contribution in [2.75, 3.05) is 17.3 Å². The zero-order chi connectivity index (χ0) is 41.8. The van der Waals surface area contributed by atoms with E-state index >= 15 is 0 Å². The van der Waals surface area contributed by atoms with Crippen LogP contribution in [0.4, 0.5) is 23.4 Å². The second-order valence-corrected chi connectivity index (χ2v) is 15.1. The summed E-state index contributed by atoms with van der Waals surface area (Å²) in [6, 6.07) is 30.5. The second-order valence-electron chi connectivity index (χ2n) is 13.0. The molecule has 0 aliphatic rings. The summed E-state index contributed by atoms with van der Waals surface area (Å²) in [5.41, 5.74) is 2.99. The van der Waals surface area contributed by atoms with E-state index in [4.69, 9.17) is 16.7 Å². The van der Waals surface area contributed by atoms with E-state index in [-0.39, 0.29) is 35.9 Å². The molecule has 3 N–H and O–H groups in total. The Morgan fingerprint density at radius 2 is 1.31 bits per heavy atom. The van der Waals surface area contributed by atoms with Crippen LogP contribution in [-0.4, -0.2) is 51.0 Å². The van der Waals surface area contributed by atoms with Gasteiger partial charge in [-0.2, -0.15) is 13.2 Å². The molecule has 2 heterocycles. The van der Waals surface area contributed by atoms with Gasteiger partial charge < -0.3 is 15.5 Å². The Labute approximate surface area is 344 Å². The summed E-state index contributed by atoms with van der Waals surface area (Å²) in [7, 11) is 1.62. The number of anilines is 2. The van der Waals surface area contributed by atoms with E-state index in [1.807, 2.05) is 60.0 Å². The van der Waals surface area contributed by atoms with E-state index < -0.39 is 41.4 Å². The fraction of sp³-hybridized carbons (Fsp3) is 0.190. The van der Waals surface area contributed by atoms with E-state index in [2.05, 4.69) is 15.3 Å². The van der Waals surface area contributed by atoms with Crippen molar-refractivity contribution >= 4 is 68.3 Å². The van der Waals surface area contributed by atoms with Crippen LogP contribution in [0.15, 0.2) is 120 Å². The van der Waals surface area contributed by atoms with Crippen molar-refractivity contribution in [3.05, 3.63) is 142 Å². The molecule has 0 fully saturated rings. The Morgan fingerprint density at radius 3 is 1.91 bits per heavy atom. The topological polar surface area (TPSA) is 150 Å². The van der Waals surface area contributed by atoms with Crippen LogP contribution in [-0.2, 0) is 38.2 Å². The number of carbonyl (C=O) groups excluding carboxylic acids is 2. The molecule has 58 heavy (non-hydrogen) atoms. The van der Waals surface area contributed by atoms with Crippen LogP contribution in [0.3, 0.4) is 0 Å². The first kappa shape index (κ1) is 43.2. The van der Waals surface area contributed by atoms with Crippen molar-refractivity contribution in [1.29, 1.82) is 0 Å². The molecule has 0 saturated heterocycles. The maximum absolute atomic E-state index is 13.0. The molecule has 0 bridgehead atoms. The Balaban J connectivity index is 0.000000221. The molecule has 300 valence electrons. The lowest BCUT2D eigenvalue weighted by atomic mass is 9.95. The average molecular weight is 849 g/mol. The van der Waals surface area contributed by atoms with Gasteiger partial charge in [-0.25, -0.2) is 9.97 Å². The van der Waals surface area contributed by atoms with Crippen LogP contribution in [0.2, 0.25) is 5.02 Å². The SMILES string of the molecule is CN(C(=O)[C@@H](CC(=O)O)Cc1ccccc1)c1nc(-c2ccccc2Cl)cs1.O=C(O)C[C@@H](Cc1ccccc1)C(=O)Nc1nc(-c2cccc(C(F)(F)F)c2)cs1. The number of carboxylic acid groups (broad SMARTS) is 2. The first-order valence-electron chi connectivity index (χ1n) is 17.6. The minimum absolute atomic E-state index is 0.191. The molecule has 0 aliphatic carbocycles. The molecule has 10 nitrogen and oxygen atoms in total. The number of carboxylic acids is 2. The maximum atomic E-state index is 13.0. The van der Waals surface area contributed by atoms with Gasteiger partial charge in [0.25, 0.3) is 0 Å². The Hall–Kier alpha value is -5.90. The fourth-order valence-corrected chi connectivity index (χ4v) is 7.58. The van der Waals surface area contributed by atoms with E-state index in [1.165, 1.54) is 33.7 Å². The largest absolute Gasteiger partial charge is 0.481 e. The average Bonchev–Trinajstić information content (AvgIpc) is 3.88. The Bertz CT molecular complexity index is 2340. The highest BCUT2D eigenvalue weighted by Gasteiger charge is 2.31. The molecule has 0 spiro atoms. The minimum Gasteiger partial charge on any atom is -0.481 e. The third kappa shape index (κ3) is 12.3. The number of hydrogen-bond acceptors (Lipinski definition) is 8. The maximum Gasteiger partial charge on any atom is 0.416 e. The zero-order valence-electron chi connectivity index (χ0n) is 30.7. The minimum atomic E-state index is -4.47. The molecular formula is C42H36ClF3N4O6S2. The Morgan fingerprint density at radius 1 is 0.741 bits per heavy atom. The molecule has 2 amide bonds. The molecule has 0 aliphatic heterocycles. The zero-order valence-corrected chi connectivity index (χ0v) is 33.1. The molecule has 4 aromatic carbocycles. The summed E-state index contributed by atoms with van der Waals surface area (Å²) in [6.45, 7) is 0. The third-order valence-electron chi connectivity index (χ3n) is 8.69. The van der Waals surface area contributed by atoms with Crippen molar-refractivity contribution in [3.8, 4) is 22.5 Å². The Kier molecular flexibility index (Phi) is 14.9. The molecular weight excluding hydrogens is 813 g/mol. The monoisotopic (exact) mass is 848 g/mol. The lowest BCUT2D eigenvalue weighted by Crippen LogP contribution is -2.35. The summed E-state index contributed by atoms with van der Waals surface area (Å²) in [4.78, 5) is 58.2. The van der Waals surface area contributed by atoms with Gasteiger partial charge in [-0.3, -0.25) is 24.1 Å². The number of aliphatic carboxylic acids is 2. The van der Waals surface area contributed by atoms with Crippen LogP contribution in [0, 0.1) is 11.8 Å². The number of carbonyl (C=O) groups is 4. The van der Waals surface area contributed by atoms with Gasteiger partial charge in [-0.15, -0.1) is 22.7 Å². The molecule has 0 radical (unpaired) electrons. The van der Waals surface area contributed by atoms with Gasteiger partial charge in [-0.05, 0) is 42.2 Å². The number of aromatic nitrogens is 2. The molecule has 2 atom stereocenters. The number of rotatable bonds is 14. The lowest BCUT2D eigenvalue weighted by Gasteiger charge is -2.21. The standard InChI is InChI=1S/C21H19ClN2O3S.C21H17F3N2O3S/c1-24(21-23-18(13-28-21)16-9-5-6-10-17(16)22)20(27)15(12-19(25)26)11-14-7-3-2-4-8-14;22-21(23,24)16-8-4-7-14(10-16)17-12-30-20(25-17)26-19(29)15(11-18(27)28)9-13-5-2-1-3-6-13/h2-10,13,15H,11-12H2,1H3,(H,25,26);1-8,10,12,15H,9,11H2,(H,27,28)(H,25,26,29)/t2*15-/m11/s1. The first-order chi connectivity index (χ1) is 27.7. The first-order valence-corrected chi connectivity index (χ1v) is 19.7. The summed E-state index contributed by atoms with van der Waals surface area (Å²) >= 11 is 8.60. The van der Waals surface area contributed by atoms with Crippen molar-refractivity contribution in [3.63, 3.8) is 0 Å². The quantitative estimate of drug-likeness (QED) is 0.0981. The molecule has 0 unspecified atom stereocenters. The second kappa shape index (κ2) is 20.0. The molecule has 6 rings (SSSR count). The van der Waals surface area contributed by atoms with Gasteiger partial charge in [0, 0.05) is 34.0 Å². The number of nitrogens with zero attached hydrogens (tertiary/aromatic N) is 3.